The van der Waals surface area contributed by atoms with Crippen LogP contribution in [0.25, 0.3) is 22.2 Å². The normalized spacial score (nSPS) is 34.4. The molecule has 53 heavy (non-hydrogen) atoms. The number of halogens is 1. The van der Waals surface area contributed by atoms with Crippen molar-refractivity contribution in [3.8, 4) is 0 Å². The van der Waals surface area contributed by atoms with E-state index >= 15 is 0 Å². The fraction of sp³-hybridized carbons (Fsp3) is 0.419. The van der Waals surface area contributed by atoms with E-state index < -0.39 is 0 Å². The summed E-state index contributed by atoms with van der Waals surface area (Å²) in [7, 11) is 0. The zero-order valence-electron chi connectivity index (χ0n) is 29.6. The third kappa shape index (κ3) is 4.05. The first-order valence-electron chi connectivity index (χ1n) is 19.3. The number of imide groups is 1. The van der Waals surface area contributed by atoms with Crippen molar-refractivity contribution >= 4 is 68.2 Å². The number of nitrogens with one attached hydrogen (secondary N) is 3. The Bertz CT molecular complexity index is 2300. The van der Waals surface area contributed by atoms with Gasteiger partial charge in [-0.25, -0.2) is 0 Å². The number of aldehydes is 2. The Morgan fingerprint density at radius 2 is 1.55 bits per heavy atom. The van der Waals surface area contributed by atoms with E-state index in [4.69, 9.17) is 4.99 Å². The lowest BCUT2D eigenvalue weighted by Gasteiger charge is -2.53. The molecule has 0 aromatic heterocycles. The summed E-state index contributed by atoms with van der Waals surface area (Å²) in [5.74, 6) is 0.989. The van der Waals surface area contributed by atoms with Crippen LogP contribution in [-0.4, -0.2) is 59.2 Å². The number of amides is 2. The standard InChI is InChI=1S/C43H40BrN5O4/c1-18(2)49-42(52)26-14-12-24-31-25(13-15-27(32(26)31)43(49)53)37-35(24)46-39-29(19-6-4-3-5-7-19)38-40(33(44)41(39)48-37)47-36-23-11-9-21(17-51)28-20(16-50)8-10-22(30(23)28)34(36)45-38/h3-4,6,8-11,16-18,24-27,31-32,35,37-38,45-47H,5,7,12-15H2,1-2H3. The lowest BCUT2D eigenvalue weighted by atomic mass is 9.54. The monoisotopic (exact) mass is 769 g/mol. The quantitative estimate of drug-likeness (QED) is 0.251. The fourth-order valence-corrected chi connectivity index (χ4v) is 12.9. The number of carbonyl (C=O) groups excluding carboxylic acids is 4. The molecule has 2 aromatic carbocycles. The number of fused-ring (bicyclic) bond motifs is 7. The van der Waals surface area contributed by atoms with E-state index in [2.05, 4.69) is 50.1 Å². The molecular weight excluding hydrogens is 730 g/mol. The number of aliphatic imine (C=N–C) groups is 1. The van der Waals surface area contributed by atoms with Crippen LogP contribution >= 0.6 is 15.9 Å². The molecule has 2 aromatic rings. The second-order valence-corrected chi connectivity index (χ2v) is 17.4. The number of likely N-dealkylation sites (tertiary alicyclic amines) is 1. The number of hydrogen-bond donors (Lipinski definition) is 3. The first kappa shape index (κ1) is 31.9. The average Bonchev–Trinajstić information content (AvgIpc) is 3.67. The summed E-state index contributed by atoms with van der Waals surface area (Å²) in [6.45, 7) is 3.93. The highest BCUT2D eigenvalue weighted by molar-refractivity contribution is 9.12. The Balaban J connectivity index is 1.04. The van der Waals surface area contributed by atoms with Crippen LogP contribution in [-0.2, 0) is 9.59 Å². The predicted molar refractivity (Wildman–Crippen MR) is 206 cm³/mol. The molecule has 2 amide bonds. The molecule has 10 heteroatoms. The Kier molecular flexibility index (Phi) is 6.76. The van der Waals surface area contributed by atoms with Gasteiger partial charge in [-0.2, -0.15) is 0 Å². The number of benzene rings is 2. The van der Waals surface area contributed by atoms with E-state index in [9.17, 15) is 19.2 Å². The highest BCUT2D eigenvalue weighted by atomic mass is 79.9. The van der Waals surface area contributed by atoms with Crippen LogP contribution in [0.5, 0.6) is 0 Å². The minimum absolute atomic E-state index is 0.0479. The Morgan fingerprint density at radius 1 is 0.849 bits per heavy atom. The number of rotatable bonds is 4. The lowest BCUT2D eigenvalue weighted by molar-refractivity contribution is -0.171. The van der Waals surface area contributed by atoms with E-state index in [1.54, 1.807) is 11.0 Å². The van der Waals surface area contributed by atoms with Gasteiger partial charge in [0.15, 0.2) is 12.6 Å². The van der Waals surface area contributed by atoms with Crippen LogP contribution in [0, 0.1) is 35.5 Å². The minimum atomic E-state index is -0.209. The van der Waals surface area contributed by atoms with Crippen molar-refractivity contribution in [3.05, 3.63) is 91.8 Å². The molecule has 0 radical (unpaired) electrons. The topological polar surface area (TPSA) is 120 Å². The van der Waals surface area contributed by atoms with Gasteiger partial charge in [0.1, 0.15) is 0 Å². The number of hydrogen-bond acceptors (Lipinski definition) is 8. The molecule has 9 atom stereocenters. The predicted octanol–water partition coefficient (Wildman–Crippen LogP) is 6.17. The first-order chi connectivity index (χ1) is 25.8. The molecule has 1 saturated heterocycles. The van der Waals surface area contributed by atoms with Crippen molar-refractivity contribution < 1.29 is 19.2 Å². The van der Waals surface area contributed by atoms with Crippen molar-refractivity contribution in [3.63, 3.8) is 0 Å². The summed E-state index contributed by atoms with van der Waals surface area (Å²) >= 11 is 4.08. The van der Waals surface area contributed by atoms with Crippen LogP contribution in [0.3, 0.4) is 0 Å². The molecule has 0 bridgehead atoms. The van der Waals surface area contributed by atoms with E-state index in [1.807, 2.05) is 32.0 Å². The second kappa shape index (κ2) is 11.2. The zero-order chi connectivity index (χ0) is 36.0. The van der Waals surface area contributed by atoms with Crippen LogP contribution in [0.2, 0.25) is 0 Å². The number of allylic oxidation sites excluding steroid dienone is 4. The van der Waals surface area contributed by atoms with Crippen molar-refractivity contribution in [1.29, 1.82) is 0 Å². The van der Waals surface area contributed by atoms with E-state index in [0.29, 0.717) is 34.3 Å². The van der Waals surface area contributed by atoms with Gasteiger partial charge in [0.25, 0.3) is 0 Å². The van der Waals surface area contributed by atoms with E-state index in [1.165, 1.54) is 11.1 Å². The van der Waals surface area contributed by atoms with Gasteiger partial charge in [-0.15, -0.1) is 0 Å². The highest BCUT2D eigenvalue weighted by Crippen LogP contribution is 2.62. The molecule has 0 spiro atoms. The SMILES string of the molecule is CC(C)N1C(=O)C2CCC3C4N=C5C(Br)=C6NC7=C(NC6C(C6=CC=CCC6)=C5NC4C4CCC(C1=O)C2C34)c1ccc(C=O)c2c(C=O)ccc7c12. The Morgan fingerprint density at radius 3 is 2.21 bits per heavy atom. The zero-order valence-corrected chi connectivity index (χ0v) is 31.2. The average molecular weight is 771 g/mol. The largest absolute Gasteiger partial charge is 0.378 e. The van der Waals surface area contributed by atoms with Gasteiger partial charge in [-0.3, -0.25) is 29.1 Å². The molecule has 11 rings (SSSR count). The number of piperidine rings is 1. The van der Waals surface area contributed by atoms with Gasteiger partial charge in [-0.1, -0.05) is 42.5 Å². The van der Waals surface area contributed by atoms with Gasteiger partial charge in [0, 0.05) is 56.5 Å². The maximum absolute atomic E-state index is 13.9. The van der Waals surface area contributed by atoms with Gasteiger partial charge >= 0.3 is 0 Å². The summed E-state index contributed by atoms with van der Waals surface area (Å²) in [6, 6.07) is 7.46. The molecule has 3 saturated carbocycles. The third-order valence-corrected chi connectivity index (χ3v) is 15.0. The molecule has 3 heterocycles. The van der Waals surface area contributed by atoms with Crippen molar-refractivity contribution in [2.75, 3.05) is 0 Å². The summed E-state index contributed by atoms with van der Waals surface area (Å²) < 4.78 is 0.917. The van der Waals surface area contributed by atoms with Crippen molar-refractivity contribution in [2.45, 2.75) is 76.5 Å². The summed E-state index contributed by atoms with van der Waals surface area (Å²) in [5, 5.41) is 13.6. The molecule has 9 nitrogen and oxygen atoms in total. The van der Waals surface area contributed by atoms with Gasteiger partial charge < -0.3 is 16.0 Å². The number of carbonyl (C=O) groups is 4. The first-order valence-corrected chi connectivity index (χ1v) is 20.1. The highest BCUT2D eigenvalue weighted by Gasteiger charge is 2.65. The molecule has 268 valence electrons. The van der Waals surface area contributed by atoms with E-state index in [-0.39, 0.29) is 53.7 Å². The summed E-state index contributed by atoms with van der Waals surface area (Å²) in [4.78, 5) is 59.4. The smallest absolute Gasteiger partial charge is 0.232 e. The van der Waals surface area contributed by atoms with Crippen LogP contribution in [0.1, 0.15) is 84.2 Å². The second-order valence-electron chi connectivity index (χ2n) is 16.6. The molecule has 3 aliphatic heterocycles. The molecule has 6 aliphatic carbocycles. The van der Waals surface area contributed by atoms with Crippen LogP contribution in [0.4, 0.5) is 0 Å². The molecule has 3 N–H and O–H groups in total. The third-order valence-electron chi connectivity index (χ3n) is 14.2. The molecular formula is C43H40BrN5O4. The molecule has 4 fully saturated rings. The van der Waals surface area contributed by atoms with E-state index in [0.717, 1.165) is 101 Å². The Labute approximate surface area is 315 Å². The lowest BCUT2D eigenvalue weighted by Crippen LogP contribution is -2.61. The summed E-state index contributed by atoms with van der Waals surface area (Å²) in [6.07, 6.45) is 13.7. The number of nitrogens with zero attached hydrogens (tertiary/aromatic N) is 2. The van der Waals surface area contributed by atoms with Gasteiger partial charge in [0.05, 0.1) is 51.1 Å². The maximum atomic E-state index is 13.9. The fourth-order valence-electron chi connectivity index (χ4n) is 12.3. The molecule has 9 aliphatic rings. The van der Waals surface area contributed by atoms with Gasteiger partial charge in [-0.05, 0) is 97.5 Å². The molecule has 9 unspecified atom stereocenters. The van der Waals surface area contributed by atoms with Crippen molar-refractivity contribution in [2.24, 2.45) is 40.5 Å². The summed E-state index contributed by atoms with van der Waals surface area (Å²) in [5.41, 5.74) is 10.2. The van der Waals surface area contributed by atoms with Crippen LogP contribution < -0.4 is 16.0 Å². The minimum Gasteiger partial charge on any atom is -0.378 e. The van der Waals surface area contributed by atoms with Crippen LogP contribution in [0.15, 0.2) is 74.5 Å². The van der Waals surface area contributed by atoms with Crippen molar-refractivity contribution in [1.82, 2.24) is 20.9 Å². The Hall–Kier alpha value is -4.57. The van der Waals surface area contributed by atoms with Gasteiger partial charge in [0.2, 0.25) is 11.8 Å². The maximum Gasteiger partial charge on any atom is 0.232 e.